The lowest BCUT2D eigenvalue weighted by Crippen LogP contribution is -1.78. The summed E-state index contributed by atoms with van der Waals surface area (Å²) >= 11 is 5.72. The smallest absolute Gasteiger partial charge is 0.227 e. The van der Waals surface area contributed by atoms with E-state index in [0.717, 1.165) is 36.0 Å². The number of aromatic nitrogens is 1. The van der Waals surface area contributed by atoms with Crippen LogP contribution < -0.4 is 0 Å². The lowest BCUT2D eigenvalue weighted by atomic mass is 10.2. The van der Waals surface area contributed by atoms with Crippen LogP contribution in [0.5, 0.6) is 0 Å². The Kier molecular flexibility index (Phi) is 5.50. The molecular weight excluding hydrogens is 515 g/mol. The molecule has 0 amide bonds. The van der Waals surface area contributed by atoms with Crippen molar-refractivity contribution in [3.63, 3.8) is 0 Å². The number of hydrogen-bond acceptors (Lipinski definition) is 3. The molecule has 0 aliphatic heterocycles. The van der Waals surface area contributed by atoms with Crippen molar-refractivity contribution in [3.8, 4) is 11.5 Å². The molecule has 0 saturated heterocycles. The molecule has 5 heteroatoms. The molecule has 132 valence electrons. The van der Waals surface area contributed by atoms with Crippen LogP contribution in [0, 0.1) is 3.57 Å². The Bertz CT molecular complexity index is 1150. The second-order valence-electron chi connectivity index (χ2n) is 5.87. The number of benzene rings is 3. The summed E-state index contributed by atoms with van der Waals surface area (Å²) in [6.07, 6.45) is 5.72. The van der Waals surface area contributed by atoms with E-state index in [-0.39, 0.29) is 0 Å². The largest absolute Gasteiger partial charge is 0.436 e. The van der Waals surface area contributed by atoms with Gasteiger partial charge in [0.1, 0.15) is 5.52 Å². The Morgan fingerprint density at radius 2 is 1.85 bits per heavy atom. The molecule has 0 N–H and O–H groups in total. The maximum absolute atomic E-state index is 5.87. The van der Waals surface area contributed by atoms with Gasteiger partial charge >= 0.3 is 0 Å². The quantitative estimate of drug-likeness (QED) is 0.206. The van der Waals surface area contributed by atoms with E-state index in [1.165, 1.54) is 0 Å². The minimum Gasteiger partial charge on any atom is -0.436 e. The van der Waals surface area contributed by atoms with Crippen molar-refractivity contribution in [1.82, 2.24) is 4.98 Å². The van der Waals surface area contributed by atoms with Crippen molar-refractivity contribution in [3.05, 3.63) is 86.4 Å². The number of aliphatic imine (C=N–C) groups is 1. The molecule has 3 nitrogen and oxygen atoms in total. The Labute approximate surface area is 179 Å². The number of allylic oxidation sites excluding steroid dienone is 1. The first kappa shape index (κ1) is 18.1. The maximum atomic E-state index is 5.87. The van der Waals surface area contributed by atoms with Gasteiger partial charge in [0, 0.05) is 19.8 Å². The molecule has 0 fully saturated rings. The molecule has 0 bridgehead atoms. The zero-order valence-corrected chi connectivity index (χ0v) is 17.9. The first-order valence-electron chi connectivity index (χ1n) is 8.30. The van der Waals surface area contributed by atoms with Gasteiger partial charge in [0.2, 0.25) is 5.89 Å². The average molecular weight is 529 g/mol. The summed E-state index contributed by atoms with van der Waals surface area (Å²) in [4.78, 5) is 9.08. The van der Waals surface area contributed by atoms with Crippen molar-refractivity contribution in [2.45, 2.75) is 0 Å². The van der Waals surface area contributed by atoms with E-state index in [9.17, 15) is 0 Å². The number of nitrogens with zero attached hydrogens (tertiary/aromatic N) is 2. The number of oxazole rings is 1. The fraction of sp³-hybridized carbons (Fsp3) is 0. The van der Waals surface area contributed by atoms with Gasteiger partial charge in [0.15, 0.2) is 5.58 Å². The van der Waals surface area contributed by atoms with Crippen LogP contribution in [0.3, 0.4) is 0 Å². The Hall–Kier alpha value is -2.25. The van der Waals surface area contributed by atoms with Gasteiger partial charge in [-0.3, -0.25) is 4.99 Å². The van der Waals surface area contributed by atoms with Crippen molar-refractivity contribution in [1.29, 1.82) is 0 Å². The average Bonchev–Trinajstić information content (AvgIpc) is 3.10. The van der Waals surface area contributed by atoms with Gasteiger partial charge in [-0.25, -0.2) is 4.98 Å². The molecule has 0 aliphatic carbocycles. The predicted octanol–water partition coefficient (Wildman–Crippen LogP) is 7.28. The molecule has 3 aromatic carbocycles. The van der Waals surface area contributed by atoms with Crippen LogP contribution in [0.4, 0.5) is 5.69 Å². The summed E-state index contributed by atoms with van der Waals surface area (Å²) in [6.45, 7) is 0. The van der Waals surface area contributed by atoms with Crippen LogP contribution in [0.15, 0.2) is 86.7 Å². The highest BCUT2D eigenvalue weighted by molar-refractivity contribution is 14.1. The van der Waals surface area contributed by atoms with Gasteiger partial charge in [-0.2, -0.15) is 0 Å². The number of halogens is 2. The summed E-state index contributed by atoms with van der Waals surface area (Å²) in [5.74, 6) is 0.625. The van der Waals surface area contributed by atoms with Crippen LogP contribution in [0.1, 0.15) is 5.56 Å². The molecule has 1 aromatic heterocycles. The third-order valence-electron chi connectivity index (χ3n) is 3.91. The molecule has 0 unspecified atom stereocenters. The second-order valence-corrected chi connectivity index (χ2v) is 8.03. The van der Waals surface area contributed by atoms with E-state index in [0.29, 0.717) is 5.89 Å². The van der Waals surface area contributed by atoms with Crippen molar-refractivity contribution < 1.29 is 4.42 Å². The van der Waals surface area contributed by atoms with Crippen LogP contribution in [0.25, 0.3) is 28.6 Å². The molecule has 0 atom stereocenters. The Morgan fingerprint density at radius 1 is 1.00 bits per heavy atom. The van der Waals surface area contributed by atoms with Crippen molar-refractivity contribution in [2.75, 3.05) is 0 Å². The number of rotatable bonds is 4. The summed E-state index contributed by atoms with van der Waals surface area (Å²) in [5.41, 5.74) is 4.49. The van der Waals surface area contributed by atoms with Crippen molar-refractivity contribution in [2.24, 2.45) is 4.99 Å². The molecule has 0 spiro atoms. The SMILES string of the molecule is Brc1ccc(/C=C/C=Nc2ccc3oc(-c4cccc(I)c4)nc3c2)cc1. The molecule has 0 radical (unpaired) electrons. The van der Waals surface area contributed by atoms with Gasteiger partial charge < -0.3 is 4.42 Å². The summed E-state index contributed by atoms with van der Waals surface area (Å²) in [7, 11) is 0. The van der Waals surface area contributed by atoms with Gasteiger partial charge in [-0.1, -0.05) is 40.2 Å². The van der Waals surface area contributed by atoms with E-state index in [1.807, 2.05) is 72.8 Å². The highest BCUT2D eigenvalue weighted by Crippen LogP contribution is 2.27. The van der Waals surface area contributed by atoms with Crippen molar-refractivity contribution >= 4 is 67.6 Å². The fourth-order valence-electron chi connectivity index (χ4n) is 2.60. The molecular formula is C22H14BrIN2O. The monoisotopic (exact) mass is 528 g/mol. The van der Waals surface area contributed by atoms with E-state index in [2.05, 4.69) is 54.6 Å². The third kappa shape index (κ3) is 4.54. The minimum atomic E-state index is 0.625. The Balaban J connectivity index is 1.53. The van der Waals surface area contributed by atoms with E-state index in [1.54, 1.807) is 6.21 Å². The second kappa shape index (κ2) is 8.19. The lowest BCUT2D eigenvalue weighted by molar-refractivity contribution is 0.620. The summed E-state index contributed by atoms with van der Waals surface area (Å²) in [5, 5.41) is 0. The standard InChI is InChI=1S/C22H14BrIN2O/c23-17-8-6-15(7-9-17)3-2-12-25-19-10-11-21-20(14-19)26-22(27-21)16-4-1-5-18(24)13-16/h1-14H/b3-2+,25-12?. The first-order valence-corrected chi connectivity index (χ1v) is 10.2. The topological polar surface area (TPSA) is 38.4 Å². The molecule has 4 rings (SSSR count). The highest BCUT2D eigenvalue weighted by atomic mass is 127. The summed E-state index contributed by atoms with van der Waals surface area (Å²) in [6, 6.07) is 22.0. The van der Waals surface area contributed by atoms with Crippen LogP contribution >= 0.6 is 38.5 Å². The molecule has 27 heavy (non-hydrogen) atoms. The zero-order valence-electron chi connectivity index (χ0n) is 14.1. The molecule has 4 aromatic rings. The van der Waals surface area contributed by atoms with E-state index in [4.69, 9.17) is 4.42 Å². The number of hydrogen-bond donors (Lipinski definition) is 0. The van der Waals surface area contributed by atoms with E-state index >= 15 is 0 Å². The van der Waals surface area contributed by atoms with Gasteiger partial charge in [0.25, 0.3) is 0 Å². The molecule has 0 saturated carbocycles. The summed E-state index contributed by atoms with van der Waals surface area (Å²) < 4.78 is 8.09. The van der Waals surface area contributed by atoms with Gasteiger partial charge in [-0.15, -0.1) is 0 Å². The fourth-order valence-corrected chi connectivity index (χ4v) is 3.41. The third-order valence-corrected chi connectivity index (χ3v) is 5.11. The van der Waals surface area contributed by atoms with Crippen LogP contribution in [-0.4, -0.2) is 11.2 Å². The van der Waals surface area contributed by atoms with Crippen LogP contribution in [0.2, 0.25) is 0 Å². The minimum absolute atomic E-state index is 0.625. The van der Waals surface area contributed by atoms with Crippen LogP contribution in [-0.2, 0) is 0 Å². The molecule has 0 aliphatic rings. The highest BCUT2D eigenvalue weighted by Gasteiger charge is 2.08. The zero-order chi connectivity index (χ0) is 18.6. The normalized spacial score (nSPS) is 11.8. The maximum Gasteiger partial charge on any atom is 0.227 e. The Morgan fingerprint density at radius 3 is 2.67 bits per heavy atom. The molecule has 1 heterocycles. The van der Waals surface area contributed by atoms with Gasteiger partial charge in [-0.05, 0) is 82.8 Å². The first-order chi connectivity index (χ1) is 13.2. The predicted molar refractivity (Wildman–Crippen MR) is 123 cm³/mol. The van der Waals surface area contributed by atoms with Gasteiger partial charge in [0.05, 0.1) is 5.69 Å². The lowest BCUT2D eigenvalue weighted by Gasteiger charge is -1.94. The van der Waals surface area contributed by atoms with E-state index < -0.39 is 0 Å². The number of fused-ring (bicyclic) bond motifs is 1.